The first-order chi connectivity index (χ1) is 12.7. The van der Waals surface area contributed by atoms with Crippen LogP contribution in [-0.4, -0.2) is 26.7 Å². The van der Waals surface area contributed by atoms with Crippen molar-refractivity contribution < 1.29 is 4.79 Å². The van der Waals surface area contributed by atoms with Gasteiger partial charge >= 0.3 is 0 Å². The third kappa shape index (κ3) is 3.97. The number of aromatic nitrogens is 2. The standard InChI is InChI=1S/C20H26N4OS2/c1-11(2)20(5,9-21)24-17(25)13(4)26-18-16-14-7-6-12(3)8-15(14)27-19(16)23-10-22-18/h10-13H,6-8H2,1-5H3,(H,24,25)/t12-,13+,20+/m1/s1. The van der Waals surface area contributed by atoms with Crippen LogP contribution in [0, 0.1) is 23.2 Å². The summed E-state index contributed by atoms with van der Waals surface area (Å²) in [6.07, 6.45) is 4.93. The molecule has 0 spiro atoms. The minimum Gasteiger partial charge on any atom is -0.337 e. The second kappa shape index (κ2) is 7.76. The van der Waals surface area contributed by atoms with E-state index in [0.29, 0.717) is 5.92 Å². The molecule has 3 atom stereocenters. The lowest BCUT2D eigenvalue weighted by Gasteiger charge is -2.28. The summed E-state index contributed by atoms with van der Waals surface area (Å²) in [7, 11) is 0. The summed E-state index contributed by atoms with van der Waals surface area (Å²) < 4.78 is 0. The van der Waals surface area contributed by atoms with E-state index >= 15 is 0 Å². The molecule has 0 bridgehead atoms. The lowest BCUT2D eigenvalue weighted by molar-refractivity contribution is -0.121. The number of rotatable bonds is 5. The molecule has 7 heteroatoms. The number of amides is 1. The van der Waals surface area contributed by atoms with Crippen LogP contribution < -0.4 is 5.32 Å². The van der Waals surface area contributed by atoms with Crippen LogP contribution in [0.15, 0.2) is 11.4 Å². The Morgan fingerprint density at radius 1 is 1.44 bits per heavy atom. The van der Waals surface area contributed by atoms with Crippen LogP contribution in [0.3, 0.4) is 0 Å². The van der Waals surface area contributed by atoms with Gasteiger partial charge < -0.3 is 5.32 Å². The molecule has 0 saturated carbocycles. The van der Waals surface area contributed by atoms with E-state index < -0.39 is 5.54 Å². The predicted molar refractivity (Wildman–Crippen MR) is 111 cm³/mol. The lowest BCUT2D eigenvalue weighted by atomic mass is 9.89. The predicted octanol–water partition coefficient (Wildman–Crippen LogP) is 4.35. The smallest absolute Gasteiger partial charge is 0.234 e. The third-order valence-corrected chi connectivity index (χ3v) is 7.75. The maximum absolute atomic E-state index is 12.7. The zero-order valence-corrected chi connectivity index (χ0v) is 18.1. The van der Waals surface area contributed by atoms with Gasteiger partial charge in [0, 0.05) is 10.3 Å². The third-order valence-electron chi connectivity index (χ3n) is 5.48. The van der Waals surface area contributed by atoms with Gasteiger partial charge in [-0.25, -0.2) is 9.97 Å². The Bertz CT molecular complexity index is 901. The Labute approximate surface area is 169 Å². The normalized spacial score (nSPS) is 20.0. The largest absolute Gasteiger partial charge is 0.337 e. The number of hydrogen-bond donors (Lipinski definition) is 1. The van der Waals surface area contributed by atoms with Gasteiger partial charge in [0.1, 0.15) is 21.7 Å². The molecule has 0 aliphatic heterocycles. The highest BCUT2D eigenvalue weighted by Gasteiger charge is 2.32. The summed E-state index contributed by atoms with van der Waals surface area (Å²) in [5.41, 5.74) is 0.498. The number of aryl methyl sites for hydroxylation is 1. The first-order valence-corrected chi connectivity index (χ1v) is 11.1. The van der Waals surface area contributed by atoms with Crippen LogP contribution in [0.25, 0.3) is 10.2 Å². The molecular weight excluding hydrogens is 376 g/mol. The summed E-state index contributed by atoms with van der Waals surface area (Å²) in [6, 6.07) is 2.23. The molecule has 1 N–H and O–H groups in total. The topological polar surface area (TPSA) is 78.7 Å². The van der Waals surface area contributed by atoms with Gasteiger partial charge in [0.05, 0.1) is 11.3 Å². The zero-order chi connectivity index (χ0) is 19.8. The van der Waals surface area contributed by atoms with Gasteiger partial charge in [-0.3, -0.25) is 4.79 Å². The Kier molecular flexibility index (Phi) is 5.78. The number of hydrogen-bond acceptors (Lipinski definition) is 6. The average Bonchev–Trinajstić information content (AvgIpc) is 2.99. The van der Waals surface area contributed by atoms with E-state index in [4.69, 9.17) is 0 Å². The van der Waals surface area contributed by atoms with Gasteiger partial charge in [-0.1, -0.05) is 32.5 Å². The van der Waals surface area contributed by atoms with E-state index in [9.17, 15) is 10.1 Å². The van der Waals surface area contributed by atoms with Gasteiger partial charge in [0.15, 0.2) is 0 Å². The number of nitrogens with zero attached hydrogens (tertiary/aromatic N) is 3. The molecule has 0 radical (unpaired) electrons. The monoisotopic (exact) mass is 402 g/mol. The SMILES string of the molecule is CC(C)[C@](C)(C#N)NC(=O)[C@H](C)Sc1ncnc2sc3c(c12)CC[C@@H](C)C3. The van der Waals surface area contributed by atoms with Gasteiger partial charge in [-0.15, -0.1) is 11.3 Å². The zero-order valence-electron chi connectivity index (χ0n) is 16.5. The fraction of sp³-hybridized carbons (Fsp3) is 0.600. The fourth-order valence-corrected chi connectivity index (χ4v) is 5.58. The van der Waals surface area contributed by atoms with Gasteiger partial charge in [0.2, 0.25) is 5.91 Å². The van der Waals surface area contributed by atoms with Crippen LogP contribution in [-0.2, 0) is 17.6 Å². The van der Waals surface area contributed by atoms with E-state index in [1.54, 1.807) is 24.6 Å². The highest BCUT2D eigenvalue weighted by Crippen LogP contribution is 2.41. The van der Waals surface area contributed by atoms with Gasteiger partial charge in [-0.2, -0.15) is 5.26 Å². The molecule has 5 nitrogen and oxygen atoms in total. The van der Waals surface area contributed by atoms with Crippen LogP contribution in [0.1, 0.15) is 51.5 Å². The minimum absolute atomic E-state index is 0.0280. The van der Waals surface area contributed by atoms with Crippen molar-refractivity contribution in [3.63, 3.8) is 0 Å². The van der Waals surface area contributed by atoms with Crippen molar-refractivity contribution in [2.75, 3.05) is 0 Å². The van der Waals surface area contributed by atoms with Crippen molar-refractivity contribution >= 4 is 39.2 Å². The maximum Gasteiger partial charge on any atom is 0.234 e. The van der Waals surface area contributed by atoms with Crippen molar-refractivity contribution in [1.82, 2.24) is 15.3 Å². The number of thioether (sulfide) groups is 1. The molecule has 0 aromatic carbocycles. The van der Waals surface area contributed by atoms with Crippen molar-refractivity contribution in [2.24, 2.45) is 11.8 Å². The fourth-order valence-electron chi connectivity index (χ4n) is 3.22. The number of carbonyl (C=O) groups is 1. The number of carbonyl (C=O) groups excluding carboxylic acids is 1. The summed E-state index contributed by atoms with van der Waals surface area (Å²) in [5, 5.41) is 14.0. The molecule has 1 aliphatic carbocycles. The van der Waals surface area contributed by atoms with Gasteiger partial charge in [-0.05, 0) is 50.5 Å². The molecular formula is C20H26N4OS2. The molecule has 3 rings (SSSR count). The first-order valence-electron chi connectivity index (χ1n) is 9.40. The molecule has 2 heterocycles. The number of thiophene rings is 1. The molecule has 2 aromatic heterocycles. The summed E-state index contributed by atoms with van der Waals surface area (Å²) in [5.74, 6) is 0.599. The summed E-state index contributed by atoms with van der Waals surface area (Å²) in [4.78, 5) is 24.1. The van der Waals surface area contributed by atoms with Gasteiger partial charge in [0.25, 0.3) is 0 Å². The highest BCUT2D eigenvalue weighted by atomic mass is 32.2. The molecule has 0 unspecified atom stereocenters. The van der Waals surface area contributed by atoms with E-state index in [0.717, 1.165) is 28.1 Å². The molecule has 1 amide bonds. The summed E-state index contributed by atoms with van der Waals surface area (Å²) >= 11 is 3.22. The molecule has 144 valence electrons. The molecule has 0 fully saturated rings. The highest BCUT2D eigenvalue weighted by molar-refractivity contribution is 8.00. The summed E-state index contributed by atoms with van der Waals surface area (Å²) in [6.45, 7) is 9.81. The second-order valence-electron chi connectivity index (χ2n) is 7.93. The molecule has 2 aromatic rings. The molecule has 27 heavy (non-hydrogen) atoms. The van der Waals surface area contributed by atoms with Crippen molar-refractivity contribution in [1.29, 1.82) is 5.26 Å². The van der Waals surface area contributed by atoms with Crippen molar-refractivity contribution in [2.45, 2.75) is 69.7 Å². The lowest BCUT2D eigenvalue weighted by Crippen LogP contribution is -2.51. The Morgan fingerprint density at radius 2 is 2.19 bits per heavy atom. The first kappa shape index (κ1) is 20.1. The van der Waals surface area contributed by atoms with Crippen molar-refractivity contribution in [3.05, 3.63) is 16.8 Å². The Hall–Kier alpha value is -1.65. The van der Waals surface area contributed by atoms with Crippen LogP contribution in [0.2, 0.25) is 0 Å². The van der Waals surface area contributed by atoms with E-state index in [1.165, 1.54) is 28.6 Å². The van der Waals surface area contributed by atoms with Crippen LogP contribution >= 0.6 is 23.1 Å². The number of nitriles is 1. The Balaban J connectivity index is 1.84. The van der Waals surface area contributed by atoms with Crippen LogP contribution in [0.4, 0.5) is 0 Å². The second-order valence-corrected chi connectivity index (χ2v) is 10.3. The van der Waals surface area contributed by atoms with E-state index in [-0.39, 0.29) is 17.1 Å². The minimum atomic E-state index is -0.870. The average molecular weight is 403 g/mol. The Morgan fingerprint density at radius 3 is 2.85 bits per heavy atom. The quantitative estimate of drug-likeness (QED) is 0.594. The molecule has 1 aliphatic rings. The van der Waals surface area contributed by atoms with E-state index in [2.05, 4.69) is 28.3 Å². The maximum atomic E-state index is 12.7. The number of nitrogens with one attached hydrogen (secondary N) is 1. The molecule has 0 saturated heterocycles. The number of fused-ring (bicyclic) bond motifs is 3. The van der Waals surface area contributed by atoms with Crippen molar-refractivity contribution in [3.8, 4) is 6.07 Å². The van der Waals surface area contributed by atoms with E-state index in [1.807, 2.05) is 20.8 Å². The van der Waals surface area contributed by atoms with Crippen LogP contribution in [0.5, 0.6) is 0 Å².